The second-order valence-electron chi connectivity index (χ2n) is 9.18. The number of carbonyl (C=O) groups excluding carboxylic acids is 2. The number of Topliss-reactive ketones (excluding diaryl/α,β-unsaturated/α-hetero) is 1. The molecule has 4 rings (SSSR count). The SMILES string of the molecule is CCCCC(=O)c1ccc(Nc2ncc(C)c(C[C@@H]3[C@@H]4CC[C@@H](C4)[C@@H]3C(N)=O)n2)cc1. The third kappa shape index (κ3) is 4.63. The first-order chi connectivity index (χ1) is 15.0. The zero-order chi connectivity index (χ0) is 22.0. The Kier molecular flexibility index (Phi) is 6.35. The summed E-state index contributed by atoms with van der Waals surface area (Å²) in [5.41, 5.74) is 9.34. The normalized spacial score (nSPS) is 24.3. The Balaban J connectivity index is 1.46. The molecule has 0 aliphatic heterocycles. The fraction of sp³-hybridized carbons (Fsp3) is 0.520. The van der Waals surface area contributed by atoms with E-state index in [-0.39, 0.29) is 23.5 Å². The summed E-state index contributed by atoms with van der Waals surface area (Å²) in [5, 5.41) is 3.25. The lowest BCUT2D eigenvalue weighted by atomic mass is 9.76. The molecule has 2 bridgehead atoms. The van der Waals surface area contributed by atoms with Crippen molar-refractivity contribution in [1.82, 2.24) is 9.97 Å². The molecular weight excluding hydrogens is 388 g/mol. The summed E-state index contributed by atoms with van der Waals surface area (Å²) in [4.78, 5) is 33.4. The van der Waals surface area contributed by atoms with E-state index < -0.39 is 0 Å². The van der Waals surface area contributed by atoms with Crippen molar-refractivity contribution in [2.24, 2.45) is 29.4 Å². The predicted octanol–water partition coefficient (Wildman–Crippen LogP) is 4.59. The Morgan fingerprint density at radius 3 is 2.61 bits per heavy atom. The molecule has 164 valence electrons. The second-order valence-corrected chi connectivity index (χ2v) is 9.18. The minimum atomic E-state index is -0.157. The minimum Gasteiger partial charge on any atom is -0.369 e. The van der Waals surface area contributed by atoms with E-state index in [1.807, 2.05) is 37.4 Å². The first-order valence-corrected chi connectivity index (χ1v) is 11.5. The van der Waals surface area contributed by atoms with Crippen LogP contribution in [0.15, 0.2) is 30.5 Å². The quantitative estimate of drug-likeness (QED) is 0.578. The number of nitrogens with zero attached hydrogens (tertiary/aromatic N) is 2. The van der Waals surface area contributed by atoms with Crippen molar-refractivity contribution in [3.05, 3.63) is 47.3 Å². The summed E-state index contributed by atoms with van der Waals surface area (Å²) < 4.78 is 0. The van der Waals surface area contributed by atoms with E-state index in [2.05, 4.69) is 17.2 Å². The van der Waals surface area contributed by atoms with Crippen molar-refractivity contribution in [1.29, 1.82) is 0 Å². The monoisotopic (exact) mass is 420 g/mol. The maximum atomic E-state index is 12.2. The molecule has 1 aromatic carbocycles. The number of nitrogens with two attached hydrogens (primary N) is 1. The molecule has 1 heterocycles. The van der Waals surface area contributed by atoms with E-state index >= 15 is 0 Å². The highest BCUT2D eigenvalue weighted by molar-refractivity contribution is 5.96. The zero-order valence-corrected chi connectivity index (χ0v) is 18.4. The van der Waals surface area contributed by atoms with Crippen LogP contribution in [-0.4, -0.2) is 21.7 Å². The number of hydrogen-bond donors (Lipinski definition) is 2. The highest BCUT2D eigenvalue weighted by atomic mass is 16.1. The molecule has 2 fully saturated rings. The van der Waals surface area contributed by atoms with Gasteiger partial charge in [0, 0.05) is 35.5 Å². The molecule has 2 aromatic rings. The van der Waals surface area contributed by atoms with Gasteiger partial charge < -0.3 is 11.1 Å². The zero-order valence-electron chi connectivity index (χ0n) is 18.4. The van der Waals surface area contributed by atoms with Gasteiger partial charge in [0.1, 0.15) is 0 Å². The van der Waals surface area contributed by atoms with Crippen LogP contribution in [0.4, 0.5) is 11.6 Å². The van der Waals surface area contributed by atoms with Crippen LogP contribution >= 0.6 is 0 Å². The van der Waals surface area contributed by atoms with Gasteiger partial charge in [-0.25, -0.2) is 9.97 Å². The highest BCUT2D eigenvalue weighted by Gasteiger charge is 2.50. The summed E-state index contributed by atoms with van der Waals surface area (Å²) in [6.45, 7) is 4.10. The van der Waals surface area contributed by atoms with E-state index in [1.165, 1.54) is 6.42 Å². The number of primary amides is 1. The Morgan fingerprint density at radius 2 is 1.90 bits per heavy atom. The van der Waals surface area contributed by atoms with Crippen molar-refractivity contribution >= 4 is 23.3 Å². The number of anilines is 2. The first-order valence-electron chi connectivity index (χ1n) is 11.5. The van der Waals surface area contributed by atoms with Gasteiger partial charge in [0.05, 0.1) is 0 Å². The van der Waals surface area contributed by atoms with Crippen molar-refractivity contribution in [2.45, 2.75) is 58.8 Å². The lowest BCUT2D eigenvalue weighted by Gasteiger charge is -2.29. The maximum Gasteiger partial charge on any atom is 0.227 e. The standard InChI is InChI=1S/C25H32N4O2/c1-3-4-5-22(30)16-8-10-19(11-9-16)28-25-27-14-15(2)21(29-25)13-20-17-6-7-18(12-17)23(20)24(26)31/h8-11,14,17-18,20,23H,3-7,12-13H2,1-2H3,(H2,26,31)(H,27,28,29)/t17-,18+,20-,23+/m1/s1. The first kappa shape index (κ1) is 21.5. The van der Waals surface area contributed by atoms with Gasteiger partial charge in [0.25, 0.3) is 0 Å². The molecule has 6 nitrogen and oxygen atoms in total. The molecule has 2 aliphatic carbocycles. The van der Waals surface area contributed by atoms with Gasteiger partial charge in [-0.3, -0.25) is 9.59 Å². The van der Waals surface area contributed by atoms with Gasteiger partial charge >= 0.3 is 0 Å². The lowest BCUT2D eigenvalue weighted by Crippen LogP contribution is -2.35. The van der Waals surface area contributed by atoms with Crippen LogP contribution in [0.1, 0.15) is 67.1 Å². The van der Waals surface area contributed by atoms with E-state index in [1.54, 1.807) is 0 Å². The van der Waals surface area contributed by atoms with Gasteiger partial charge in [0.2, 0.25) is 11.9 Å². The number of rotatable bonds is 9. The average molecular weight is 421 g/mol. The summed E-state index contributed by atoms with van der Waals surface area (Å²) in [6.07, 6.45) is 8.56. The number of aryl methyl sites for hydroxylation is 1. The van der Waals surface area contributed by atoms with Gasteiger partial charge in [-0.15, -0.1) is 0 Å². The number of nitrogens with one attached hydrogen (secondary N) is 1. The van der Waals surface area contributed by atoms with Crippen LogP contribution in [0.2, 0.25) is 0 Å². The van der Waals surface area contributed by atoms with Gasteiger partial charge in [-0.1, -0.05) is 13.3 Å². The number of unbranched alkanes of at least 4 members (excludes halogenated alkanes) is 1. The van der Waals surface area contributed by atoms with Crippen LogP contribution in [0, 0.1) is 30.6 Å². The van der Waals surface area contributed by atoms with Crippen molar-refractivity contribution in [2.75, 3.05) is 5.32 Å². The molecular formula is C25H32N4O2. The highest BCUT2D eigenvalue weighted by Crippen LogP contribution is 2.53. The number of hydrogen-bond acceptors (Lipinski definition) is 5. The van der Waals surface area contributed by atoms with E-state index in [9.17, 15) is 9.59 Å². The number of benzene rings is 1. The summed E-state index contributed by atoms with van der Waals surface area (Å²) in [6, 6.07) is 7.48. The van der Waals surface area contributed by atoms with Crippen LogP contribution in [0.3, 0.4) is 0 Å². The van der Waals surface area contributed by atoms with Crippen molar-refractivity contribution in [3.63, 3.8) is 0 Å². The molecule has 1 amide bonds. The molecule has 6 heteroatoms. The molecule has 3 N–H and O–H groups in total. The average Bonchev–Trinajstić information content (AvgIpc) is 3.36. The molecule has 0 saturated heterocycles. The van der Waals surface area contributed by atoms with Crippen molar-refractivity contribution in [3.8, 4) is 0 Å². The Bertz CT molecular complexity index is 956. The van der Waals surface area contributed by atoms with Crippen LogP contribution in [-0.2, 0) is 11.2 Å². The predicted molar refractivity (Wildman–Crippen MR) is 121 cm³/mol. The third-order valence-corrected chi connectivity index (χ3v) is 7.14. The topological polar surface area (TPSA) is 98.0 Å². The van der Waals surface area contributed by atoms with E-state index in [0.717, 1.165) is 54.6 Å². The number of fused-ring (bicyclic) bond motifs is 2. The number of aromatic nitrogens is 2. The van der Waals surface area contributed by atoms with Gasteiger partial charge in [-0.05, 0) is 86.6 Å². The maximum absolute atomic E-state index is 12.2. The Hall–Kier alpha value is -2.76. The van der Waals surface area contributed by atoms with Crippen molar-refractivity contribution < 1.29 is 9.59 Å². The van der Waals surface area contributed by atoms with Gasteiger partial charge in [0.15, 0.2) is 5.78 Å². The largest absolute Gasteiger partial charge is 0.369 e. The molecule has 0 radical (unpaired) electrons. The molecule has 2 aliphatic rings. The van der Waals surface area contributed by atoms with Crippen LogP contribution in [0.5, 0.6) is 0 Å². The number of amides is 1. The summed E-state index contributed by atoms with van der Waals surface area (Å²) in [5.74, 6) is 1.84. The fourth-order valence-corrected chi connectivity index (χ4v) is 5.47. The number of carbonyl (C=O) groups is 2. The third-order valence-electron chi connectivity index (χ3n) is 7.14. The lowest BCUT2D eigenvalue weighted by molar-refractivity contribution is -0.125. The second kappa shape index (κ2) is 9.16. The van der Waals surface area contributed by atoms with Crippen LogP contribution in [0.25, 0.3) is 0 Å². The molecule has 4 atom stereocenters. The van der Waals surface area contributed by atoms with Gasteiger partial charge in [-0.2, -0.15) is 0 Å². The van der Waals surface area contributed by atoms with Crippen LogP contribution < -0.4 is 11.1 Å². The van der Waals surface area contributed by atoms with E-state index in [4.69, 9.17) is 10.7 Å². The smallest absolute Gasteiger partial charge is 0.227 e. The molecule has 2 saturated carbocycles. The molecule has 31 heavy (non-hydrogen) atoms. The summed E-state index contributed by atoms with van der Waals surface area (Å²) >= 11 is 0. The van der Waals surface area contributed by atoms with E-state index in [0.29, 0.717) is 24.2 Å². The Labute approximate surface area is 184 Å². The fourth-order valence-electron chi connectivity index (χ4n) is 5.47. The molecule has 0 unspecified atom stereocenters. The number of ketones is 1. The summed E-state index contributed by atoms with van der Waals surface area (Å²) in [7, 11) is 0. The molecule has 1 aromatic heterocycles. The Morgan fingerprint density at radius 1 is 1.16 bits per heavy atom. The minimum absolute atomic E-state index is 0.0256. The molecule has 0 spiro atoms.